The summed E-state index contributed by atoms with van der Waals surface area (Å²) in [6.07, 6.45) is 6.15. The molecule has 2 heterocycles. The van der Waals surface area contributed by atoms with Crippen LogP contribution in [-0.2, 0) is 25.7 Å². The van der Waals surface area contributed by atoms with Gasteiger partial charge in [-0.05, 0) is 43.6 Å². The summed E-state index contributed by atoms with van der Waals surface area (Å²) in [5.41, 5.74) is 0.605. The van der Waals surface area contributed by atoms with Crippen molar-refractivity contribution in [2.75, 3.05) is 44.9 Å². The number of carbonyl (C=O) groups is 3. The number of carbonyl (C=O) groups excluding carboxylic acids is 3. The summed E-state index contributed by atoms with van der Waals surface area (Å²) in [5, 5.41) is 4.57. The monoisotopic (exact) mass is 555 g/mol. The summed E-state index contributed by atoms with van der Waals surface area (Å²) in [6, 6.07) is 5.36. The van der Waals surface area contributed by atoms with E-state index in [9.17, 15) is 14.4 Å². The first-order valence-electron chi connectivity index (χ1n) is 13.1. The van der Waals surface area contributed by atoms with Crippen molar-refractivity contribution in [1.82, 2.24) is 9.47 Å². The lowest BCUT2D eigenvalue weighted by molar-refractivity contribution is -0.137. The van der Waals surface area contributed by atoms with Gasteiger partial charge in [-0.2, -0.15) is 11.8 Å². The summed E-state index contributed by atoms with van der Waals surface area (Å²) >= 11 is 1.66. The van der Waals surface area contributed by atoms with Crippen LogP contribution in [-0.4, -0.2) is 83.4 Å². The number of morpholine rings is 1. The second-order valence-corrected chi connectivity index (χ2v) is 10.4. The molecule has 3 rings (SSSR count). The topological polar surface area (TPSA) is 99.4 Å². The summed E-state index contributed by atoms with van der Waals surface area (Å²) in [6.45, 7) is 12.1. The number of hydrogen-bond donors (Lipinski definition) is 0. The second-order valence-electron chi connectivity index (χ2n) is 9.00. The molecule has 1 aromatic carbocycles. The molecule has 1 fully saturated rings. The molecule has 10 heteroatoms. The van der Waals surface area contributed by atoms with E-state index in [1.165, 1.54) is 25.3 Å². The van der Waals surface area contributed by atoms with Crippen molar-refractivity contribution in [3.8, 4) is 0 Å². The fourth-order valence-corrected chi connectivity index (χ4v) is 5.08. The number of methoxy groups -OCH3 is 1. The van der Waals surface area contributed by atoms with Gasteiger partial charge in [-0.1, -0.05) is 30.8 Å². The lowest BCUT2D eigenvalue weighted by atomic mass is 9.96. The normalized spacial score (nSPS) is 16.4. The van der Waals surface area contributed by atoms with Crippen LogP contribution < -0.4 is 0 Å². The van der Waals surface area contributed by atoms with Crippen LogP contribution in [0.3, 0.4) is 0 Å². The summed E-state index contributed by atoms with van der Waals surface area (Å²) in [4.78, 5) is 46.5. The van der Waals surface area contributed by atoms with E-state index in [-0.39, 0.29) is 17.3 Å². The highest BCUT2D eigenvalue weighted by atomic mass is 32.2. The third-order valence-electron chi connectivity index (χ3n) is 6.73. The van der Waals surface area contributed by atoms with Crippen molar-refractivity contribution in [3.63, 3.8) is 0 Å². The molecule has 0 radical (unpaired) electrons. The van der Waals surface area contributed by atoms with E-state index >= 15 is 0 Å². The molecule has 0 spiro atoms. The van der Waals surface area contributed by atoms with Gasteiger partial charge in [-0.25, -0.2) is 4.79 Å². The molecule has 1 aromatic heterocycles. The first-order chi connectivity index (χ1) is 18.8. The van der Waals surface area contributed by atoms with Gasteiger partial charge < -0.3 is 18.9 Å². The zero-order valence-electron chi connectivity index (χ0n) is 23.1. The highest BCUT2D eigenvalue weighted by molar-refractivity contribution is 7.99. The Morgan fingerprint density at radius 1 is 1.23 bits per heavy atom. The van der Waals surface area contributed by atoms with Gasteiger partial charge in [0.05, 0.1) is 13.2 Å². The highest BCUT2D eigenvalue weighted by Gasteiger charge is 2.41. The number of ether oxygens (including phenoxy) is 2. The van der Waals surface area contributed by atoms with E-state index in [0.29, 0.717) is 61.5 Å². The average molecular weight is 556 g/mol. The van der Waals surface area contributed by atoms with Crippen molar-refractivity contribution < 1.29 is 28.7 Å². The van der Waals surface area contributed by atoms with Gasteiger partial charge in [-0.15, -0.1) is 0 Å². The van der Waals surface area contributed by atoms with Crippen molar-refractivity contribution in [2.24, 2.45) is 5.16 Å². The molecule has 0 amide bonds. The lowest BCUT2D eigenvalue weighted by Gasteiger charge is -2.40. The van der Waals surface area contributed by atoms with Crippen molar-refractivity contribution in [1.29, 1.82) is 0 Å². The van der Waals surface area contributed by atoms with Gasteiger partial charge in [0, 0.05) is 67.5 Å². The number of ketones is 2. The maximum Gasteiger partial charge on any atom is 0.358 e. The van der Waals surface area contributed by atoms with Gasteiger partial charge in [0.25, 0.3) is 0 Å². The number of hydrogen-bond acceptors (Lipinski definition) is 9. The van der Waals surface area contributed by atoms with E-state index in [2.05, 4.69) is 11.7 Å². The molecule has 1 aliphatic heterocycles. The van der Waals surface area contributed by atoms with Gasteiger partial charge in [-0.3, -0.25) is 14.5 Å². The van der Waals surface area contributed by atoms with Gasteiger partial charge >= 0.3 is 5.97 Å². The van der Waals surface area contributed by atoms with Gasteiger partial charge in [0.2, 0.25) is 11.6 Å². The quantitative estimate of drug-likeness (QED) is 0.0639. The molecule has 2 aromatic rings. The fraction of sp³-hybridized carbons (Fsp3) is 0.448. The standard InChI is InChI=1S/C29H37N3O6S/c1-6-9-10-26(33)38-30-24(13-18-39-8-3)27(34)23-20-31(7-2)25-12-11-21(19-22(23)25)28(35)29(4,36-5)32-14-16-37-17-15-32/h6,9-12,19-20H,1,7-8,13-18H2,2-5H3/b10-9+,30-24+. The number of Topliss-reactive ketones (excluding diaryl/α,β-unsaturated/α-hetero) is 2. The molecule has 1 atom stereocenters. The van der Waals surface area contributed by atoms with Crippen LogP contribution in [0.25, 0.3) is 10.9 Å². The number of aryl methyl sites for hydroxylation is 1. The van der Waals surface area contributed by atoms with E-state index in [1.807, 2.05) is 29.4 Å². The van der Waals surface area contributed by atoms with Crippen LogP contribution in [0.15, 0.2) is 54.4 Å². The molecule has 1 aliphatic rings. The van der Waals surface area contributed by atoms with E-state index in [4.69, 9.17) is 14.3 Å². The third-order valence-corrected chi connectivity index (χ3v) is 7.63. The van der Waals surface area contributed by atoms with Gasteiger partial charge in [0.15, 0.2) is 5.72 Å². The fourth-order valence-electron chi connectivity index (χ4n) is 4.45. The number of oxime groups is 1. The number of benzene rings is 1. The predicted molar refractivity (Wildman–Crippen MR) is 155 cm³/mol. The van der Waals surface area contributed by atoms with Crippen LogP contribution in [0.1, 0.15) is 47.9 Å². The smallest absolute Gasteiger partial charge is 0.358 e. The molecule has 1 unspecified atom stereocenters. The molecular weight excluding hydrogens is 518 g/mol. The molecule has 9 nitrogen and oxygen atoms in total. The minimum absolute atomic E-state index is 0.137. The molecule has 0 aliphatic carbocycles. The average Bonchev–Trinajstić information content (AvgIpc) is 3.35. The Kier molecular flexibility index (Phi) is 11.2. The molecule has 210 valence electrons. The SMILES string of the molecule is C=C/C=C/C(=O)O/N=C(\CCSCC)C(=O)c1cn(CC)c2ccc(C(=O)C(C)(OC)N3CCOCC3)cc12. The largest absolute Gasteiger partial charge is 0.379 e. The van der Waals surface area contributed by atoms with E-state index in [0.717, 1.165) is 11.3 Å². The van der Waals surface area contributed by atoms with Crippen molar-refractivity contribution >= 4 is 45.9 Å². The molecule has 0 bridgehead atoms. The molecule has 0 saturated carbocycles. The minimum atomic E-state index is -1.17. The van der Waals surface area contributed by atoms with E-state index < -0.39 is 11.7 Å². The number of nitrogens with zero attached hydrogens (tertiary/aromatic N) is 3. The molecule has 39 heavy (non-hydrogen) atoms. The van der Waals surface area contributed by atoms with Crippen molar-refractivity contribution in [3.05, 3.63) is 60.3 Å². The molecule has 1 saturated heterocycles. The van der Waals surface area contributed by atoms with Crippen LogP contribution in [0.2, 0.25) is 0 Å². The van der Waals surface area contributed by atoms with Crippen LogP contribution >= 0.6 is 11.8 Å². The Hall–Kier alpha value is -3.05. The minimum Gasteiger partial charge on any atom is -0.379 e. The summed E-state index contributed by atoms with van der Waals surface area (Å²) in [5.74, 6) is 0.271. The highest BCUT2D eigenvalue weighted by Crippen LogP contribution is 2.29. The molecular formula is C29H37N3O6S. The van der Waals surface area contributed by atoms with Crippen LogP contribution in [0, 0.1) is 0 Å². The van der Waals surface area contributed by atoms with E-state index in [1.54, 1.807) is 37.0 Å². The summed E-state index contributed by atoms with van der Waals surface area (Å²) in [7, 11) is 1.52. The third kappa shape index (κ3) is 7.13. The summed E-state index contributed by atoms with van der Waals surface area (Å²) < 4.78 is 13.2. The Balaban J connectivity index is 2.02. The Labute approximate surface area is 233 Å². The van der Waals surface area contributed by atoms with Gasteiger partial charge in [0.1, 0.15) is 5.71 Å². The lowest BCUT2D eigenvalue weighted by Crippen LogP contribution is -2.57. The zero-order chi connectivity index (χ0) is 28.4. The first-order valence-corrected chi connectivity index (χ1v) is 14.2. The second kappa shape index (κ2) is 14.4. The zero-order valence-corrected chi connectivity index (χ0v) is 23.9. The van der Waals surface area contributed by atoms with Crippen LogP contribution in [0.4, 0.5) is 0 Å². The molecule has 0 N–H and O–H groups in total. The Morgan fingerprint density at radius 2 is 1.97 bits per heavy atom. The first kappa shape index (κ1) is 30.5. The number of allylic oxidation sites excluding steroid dienone is 2. The Bertz CT molecular complexity index is 1260. The maximum atomic E-state index is 13.8. The maximum absolute atomic E-state index is 13.8. The Morgan fingerprint density at radius 3 is 2.62 bits per heavy atom. The van der Waals surface area contributed by atoms with Crippen LogP contribution in [0.5, 0.6) is 0 Å². The predicted octanol–water partition coefficient (Wildman–Crippen LogP) is 4.51. The number of aromatic nitrogens is 1. The number of rotatable bonds is 14. The number of thioether (sulfide) groups is 1. The van der Waals surface area contributed by atoms with Crippen molar-refractivity contribution in [2.45, 2.75) is 39.5 Å². The number of fused-ring (bicyclic) bond motifs is 1.